The maximum atomic E-state index is 11.5. The molecule has 0 atom stereocenters. The Hall–Kier alpha value is -1.82. The summed E-state index contributed by atoms with van der Waals surface area (Å²) in [5.41, 5.74) is 0. The van der Waals surface area contributed by atoms with E-state index in [2.05, 4.69) is 6.92 Å². The van der Waals surface area contributed by atoms with Crippen LogP contribution in [0.5, 0.6) is 5.75 Å². The molecule has 0 saturated heterocycles. The fourth-order valence-corrected chi connectivity index (χ4v) is 1.57. The summed E-state index contributed by atoms with van der Waals surface area (Å²) in [6, 6.07) is 3.39. The van der Waals surface area contributed by atoms with E-state index in [4.69, 9.17) is 9.47 Å². The largest absolute Gasteiger partial charge is 1.00 e. The minimum absolute atomic E-state index is 0. The number of esters is 1. The lowest BCUT2D eigenvalue weighted by molar-refractivity contribution is -0.727. The number of ether oxygens (including phenoxy) is 2. The number of halogens is 1. The van der Waals surface area contributed by atoms with E-state index in [1.807, 2.05) is 0 Å². The second kappa shape index (κ2) is 10.8. The van der Waals surface area contributed by atoms with Crippen LogP contribution in [0.3, 0.4) is 0 Å². The molecule has 6 nitrogen and oxygen atoms in total. The van der Waals surface area contributed by atoms with Gasteiger partial charge in [0, 0.05) is 26.6 Å². The molecule has 0 saturated carbocycles. The molecule has 0 aliphatic rings. The van der Waals surface area contributed by atoms with E-state index in [1.54, 1.807) is 43.2 Å². The Morgan fingerprint density at radius 2 is 2.00 bits per heavy atom. The van der Waals surface area contributed by atoms with E-state index in [1.165, 1.54) is 4.90 Å². The first-order chi connectivity index (χ1) is 10.0. The van der Waals surface area contributed by atoms with Gasteiger partial charge in [-0.05, 0) is 12.5 Å². The lowest BCUT2D eigenvalue weighted by atomic mass is 10.2. The van der Waals surface area contributed by atoms with Crippen LogP contribution in [0.2, 0.25) is 0 Å². The van der Waals surface area contributed by atoms with E-state index in [0.717, 1.165) is 19.3 Å². The maximum absolute atomic E-state index is 11.5. The second-order valence-corrected chi connectivity index (χ2v) is 4.92. The molecule has 7 heteroatoms. The zero-order chi connectivity index (χ0) is 15.7. The third kappa shape index (κ3) is 7.83. The van der Waals surface area contributed by atoms with Crippen molar-refractivity contribution in [2.45, 2.75) is 39.3 Å². The van der Waals surface area contributed by atoms with Crippen LogP contribution in [0.15, 0.2) is 24.5 Å². The third-order valence-corrected chi connectivity index (χ3v) is 2.76. The average Bonchev–Trinajstić information content (AvgIpc) is 2.45. The SMILES string of the molecule is CCCCCC(=O)OC[n+]1cccc(OC(=O)N(C)C)c1.[Cl-]. The van der Waals surface area contributed by atoms with Gasteiger partial charge >= 0.3 is 12.1 Å². The van der Waals surface area contributed by atoms with Crippen molar-refractivity contribution in [1.29, 1.82) is 0 Å². The number of pyridine rings is 1. The Morgan fingerprint density at radius 1 is 1.27 bits per heavy atom. The molecule has 0 aliphatic heterocycles. The Morgan fingerprint density at radius 3 is 2.64 bits per heavy atom. The summed E-state index contributed by atoms with van der Waals surface area (Å²) in [4.78, 5) is 24.3. The van der Waals surface area contributed by atoms with Gasteiger partial charge in [-0.1, -0.05) is 19.8 Å². The van der Waals surface area contributed by atoms with E-state index >= 15 is 0 Å². The number of unbranched alkanes of at least 4 members (excludes halogenated alkanes) is 2. The minimum Gasteiger partial charge on any atom is -1.00 e. The molecule has 1 aromatic heterocycles. The molecule has 0 spiro atoms. The second-order valence-electron chi connectivity index (χ2n) is 4.92. The van der Waals surface area contributed by atoms with Crippen LogP contribution in [0.25, 0.3) is 0 Å². The van der Waals surface area contributed by atoms with Crippen molar-refractivity contribution in [2.75, 3.05) is 14.1 Å². The van der Waals surface area contributed by atoms with Gasteiger partial charge in [0.05, 0.1) is 0 Å². The van der Waals surface area contributed by atoms with Gasteiger partial charge in [0.15, 0.2) is 11.9 Å². The highest BCUT2D eigenvalue weighted by molar-refractivity contribution is 5.69. The number of hydrogen-bond donors (Lipinski definition) is 0. The molecule has 0 aliphatic carbocycles. The van der Waals surface area contributed by atoms with Gasteiger partial charge in [-0.3, -0.25) is 4.79 Å². The fourth-order valence-electron chi connectivity index (χ4n) is 1.57. The lowest BCUT2D eigenvalue weighted by Crippen LogP contribution is -3.00. The predicted molar refractivity (Wildman–Crippen MR) is 76.6 cm³/mol. The van der Waals surface area contributed by atoms with Crippen molar-refractivity contribution >= 4 is 12.1 Å². The lowest BCUT2D eigenvalue weighted by Gasteiger charge is -2.09. The number of amides is 1. The molecule has 0 unspecified atom stereocenters. The maximum Gasteiger partial charge on any atom is 0.414 e. The fraction of sp³-hybridized carbons (Fsp3) is 0.533. The summed E-state index contributed by atoms with van der Waals surface area (Å²) >= 11 is 0. The molecule has 0 bridgehead atoms. The van der Waals surface area contributed by atoms with Crippen LogP contribution in [0, 0.1) is 0 Å². The van der Waals surface area contributed by atoms with Gasteiger partial charge in [-0.25, -0.2) is 4.79 Å². The topological polar surface area (TPSA) is 59.7 Å². The highest BCUT2D eigenvalue weighted by Gasteiger charge is 2.11. The molecule has 0 radical (unpaired) electrons. The van der Waals surface area contributed by atoms with Crippen LogP contribution in [-0.2, 0) is 16.3 Å². The molecule has 124 valence electrons. The van der Waals surface area contributed by atoms with Crippen molar-refractivity contribution < 1.29 is 36.0 Å². The average molecular weight is 331 g/mol. The summed E-state index contributed by atoms with van der Waals surface area (Å²) in [6.07, 6.45) is 6.28. The van der Waals surface area contributed by atoms with Gasteiger partial charge in [0.25, 0.3) is 6.73 Å². The monoisotopic (exact) mass is 330 g/mol. The normalized spacial score (nSPS) is 9.59. The molecular weight excluding hydrogens is 308 g/mol. The summed E-state index contributed by atoms with van der Waals surface area (Å²) in [7, 11) is 3.22. The van der Waals surface area contributed by atoms with Gasteiger partial charge in [-0.2, -0.15) is 4.57 Å². The molecule has 0 N–H and O–H groups in total. The molecule has 22 heavy (non-hydrogen) atoms. The number of carbonyl (C=O) groups excluding carboxylic acids is 2. The number of nitrogens with zero attached hydrogens (tertiary/aromatic N) is 2. The van der Waals surface area contributed by atoms with Crippen LogP contribution in [0.1, 0.15) is 32.6 Å². The van der Waals surface area contributed by atoms with Crippen LogP contribution in [-0.4, -0.2) is 31.1 Å². The van der Waals surface area contributed by atoms with Crippen molar-refractivity contribution in [3.63, 3.8) is 0 Å². The quantitative estimate of drug-likeness (QED) is 0.370. The first kappa shape index (κ1) is 20.2. The third-order valence-electron chi connectivity index (χ3n) is 2.76. The number of hydrogen-bond acceptors (Lipinski definition) is 4. The number of aromatic nitrogens is 1. The molecule has 0 fully saturated rings. The number of rotatable bonds is 7. The van der Waals surface area contributed by atoms with E-state index in [0.29, 0.717) is 12.2 Å². The first-order valence-corrected chi connectivity index (χ1v) is 7.06. The number of carbonyl (C=O) groups is 2. The molecule has 0 aromatic carbocycles. The van der Waals surface area contributed by atoms with E-state index in [-0.39, 0.29) is 25.1 Å². The van der Waals surface area contributed by atoms with Crippen molar-refractivity contribution in [2.24, 2.45) is 0 Å². The highest BCUT2D eigenvalue weighted by Crippen LogP contribution is 2.07. The van der Waals surface area contributed by atoms with Gasteiger partial charge < -0.3 is 26.8 Å². The first-order valence-electron chi connectivity index (χ1n) is 7.06. The predicted octanol–water partition coefficient (Wildman–Crippen LogP) is -0.880. The Balaban J connectivity index is 0.00000441. The van der Waals surface area contributed by atoms with Crippen LogP contribution in [0.4, 0.5) is 4.79 Å². The van der Waals surface area contributed by atoms with E-state index < -0.39 is 6.09 Å². The zero-order valence-corrected chi connectivity index (χ0v) is 14.0. The van der Waals surface area contributed by atoms with Gasteiger partial charge in [0.2, 0.25) is 6.20 Å². The van der Waals surface area contributed by atoms with E-state index in [9.17, 15) is 9.59 Å². The highest BCUT2D eigenvalue weighted by atomic mass is 35.5. The molecule has 1 rings (SSSR count). The summed E-state index contributed by atoms with van der Waals surface area (Å²) in [5, 5.41) is 0. The van der Waals surface area contributed by atoms with Crippen molar-refractivity contribution in [1.82, 2.24) is 4.90 Å². The van der Waals surface area contributed by atoms with Gasteiger partial charge in [-0.15, -0.1) is 0 Å². The van der Waals surface area contributed by atoms with Crippen molar-refractivity contribution in [3.05, 3.63) is 24.5 Å². The Bertz CT molecular complexity index is 480. The molecule has 1 aromatic rings. The smallest absolute Gasteiger partial charge is 0.414 e. The van der Waals surface area contributed by atoms with Crippen LogP contribution < -0.4 is 21.7 Å². The summed E-state index contributed by atoms with van der Waals surface area (Å²) < 4.78 is 11.9. The van der Waals surface area contributed by atoms with Crippen LogP contribution >= 0.6 is 0 Å². The Labute approximate surface area is 137 Å². The van der Waals surface area contributed by atoms with Crippen molar-refractivity contribution in [3.8, 4) is 5.75 Å². The molecular formula is C15H23ClN2O4. The molecule has 1 heterocycles. The Kier molecular flexibility index (Phi) is 9.95. The zero-order valence-electron chi connectivity index (χ0n) is 13.3. The summed E-state index contributed by atoms with van der Waals surface area (Å²) in [5.74, 6) is 0.185. The van der Waals surface area contributed by atoms with Gasteiger partial charge in [0.1, 0.15) is 0 Å². The minimum atomic E-state index is -0.454. The standard InChI is InChI=1S/C15H23N2O4.ClH/c1-4-5-6-9-14(18)20-12-17-10-7-8-13(11-17)21-15(19)16(2)3;/h7-8,10-11H,4-6,9,12H2,1-3H3;1H/q+1;/p-1. The summed E-state index contributed by atoms with van der Waals surface area (Å²) in [6.45, 7) is 2.19. The molecule has 1 amide bonds.